The second kappa shape index (κ2) is 7.96. The molecule has 1 fully saturated rings. The third-order valence-electron chi connectivity index (χ3n) is 3.68. The molecule has 0 bridgehead atoms. The largest absolute Gasteiger partial charge is 0.465 e. The maximum atomic E-state index is 11.7. The molecule has 5 radical (unpaired) electrons. The molecule has 0 unspecified atom stereocenters. The van der Waals surface area contributed by atoms with Crippen LogP contribution in [0.4, 0.5) is 0 Å². The lowest BCUT2D eigenvalue weighted by Crippen LogP contribution is -2.14. The standard InChI is InChI=1S/C17H17N4O4S/c18-26(23,24)16-9-7-15(8-10-16)21-12-14(19-20-21)6-3-11-25-17(22)13-4-1-2-5-13/h1-2,4-5,7-10,12H,3,6,11H2,(H2,18,23,24). The molecule has 2 aromatic rings. The van der Waals surface area contributed by atoms with E-state index >= 15 is 0 Å². The van der Waals surface area contributed by atoms with Crippen molar-refractivity contribution in [2.24, 2.45) is 5.14 Å². The van der Waals surface area contributed by atoms with Crippen molar-refractivity contribution >= 4 is 16.0 Å². The molecule has 9 heteroatoms. The summed E-state index contributed by atoms with van der Waals surface area (Å²) in [5.74, 6) is 0.201. The highest BCUT2D eigenvalue weighted by Crippen LogP contribution is 2.24. The van der Waals surface area contributed by atoms with Gasteiger partial charge in [-0.1, -0.05) is 5.21 Å². The Bertz CT molecular complexity index is 855. The van der Waals surface area contributed by atoms with E-state index in [1.807, 2.05) is 0 Å². The Balaban J connectivity index is 1.49. The first-order valence-corrected chi connectivity index (χ1v) is 9.41. The number of benzene rings is 1. The Morgan fingerprint density at radius 2 is 1.85 bits per heavy atom. The zero-order valence-corrected chi connectivity index (χ0v) is 14.6. The maximum absolute atomic E-state index is 11.7. The highest BCUT2D eigenvalue weighted by atomic mass is 32.2. The lowest BCUT2D eigenvalue weighted by atomic mass is 10.1. The molecule has 0 saturated heterocycles. The van der Waals surface area contributed by atoms with Gasteiger partial charge in [0.25, 0.3) is 0 Å². The molecule has 1 aromatic heterocycles. The Morgan fingerprint density at radius 3 is 2.50 bits per heavy atom. The first-order chi connectivity index (χ1) is 12.4. The van der Waals surface area contributed by atoms with E-state index in [4.69, 9.17) is 9.88 Å². The van der Waals surface area contributed by atoms with Gasteiger partial charge in [-0.15, -0.1) is 5.10 Å². The third-order valence-corrected chi connectivity index (χ3v) is 4.61. The van der Waals surface area contributed by atoms with Crippen LogP contribution in [0.1, 0.15) is 12.1 Å². The molecule has 26 heavy (non-hydrogen) atoms. The summed E-state index contributed by atoms with van der Waals surface area (Å²) in [7, 11) is -3.72. The molecule has 8 nitrogen and oxygen atoms in total. The van der Waals surface area contributed by atoms with E-state index in [1.54, 1.807) is 44.0 Å². The number of hydrogen-bond acceptors (Lipinski definition) is 6. The lowest BCUT2D eigenvalue weighted by molar-refractivity contribution is -0.140. The van der Waals surface area contributed by atoms with Crippen LogP contribution >= 0.6 is 0 Å². The first-order valence-electron chi connectivity index (χ1n) is 7.87. The molecular weight excluding hydrogens is 356 g/mol. The first kappa shape index (κ1) is 18.5. The molecule has 0 spiro atoms. The Labute approximate surface area is 152 Å². The number of primary sulfonamides is 1. The fourth-order valence-corrected chi connectivity index (χ4v) is 2.85. The number of nitrogens with zero attached hydrogens (tertiary/aromatic N) is 3. The van der Waals surface area contributed by atoms with Gasteiger partial charge in [0, 0.05) is 0 Å². The van der Waals surface area contributed by atoms with E-state index in [0.29, 0.717) is 31.1 Å². The number of esters is 1. The molecule has 1 saturated carbocycles. The van der Waals surface area contributed by atoms with Crippen molar-refractivity contribution in [1.82, 2.24) is 15.0 Å². The van der Waals surface area contributed by atoms with Crippen LogP contribution in [0.25, 0.3) is 5.69 Å². The molecule has 1 aliphatic carbocycles. The van der Waals surface area contributed by atoms with Crippen LogP contribution in [0.15, 0.2) is 35.4 Å². The SMILES string of the molecule is NS(=O)(=O)c1ccc(-n2cc(CCCOC(=O)[C]3[CH][CH][CH][CH]3)nn2)cc1. The van der Waals surface area contributed by atoms with Crippen LogP contribution in [0.3, 0.4) is 0 Å². The zero-order chi connectivity index (χ0) is 18.6. The van der Waals surface area contributed by atoms with Crippen LogP contribution in [-0.4, -0.2) is 36.0 Å². The van der Waals surface area contributed by atoms with Gasteiger partial charge >= 0.3 is 5.97 Å². The van der Waals surface area contributed by atoms with Crippen molar-refractivity contribution in [1.29, 1.82) is 0 Å². The summed E-state index contributed by atoms with van der Waals surface area (Å²) in [6.45, 7) is 0.292. The minimum absolute atomic E-state index is 0.0354. The fraction of sp³-hybridized carbons (Fsp3) is 0.176. The van der Waals surface area contributed by atoms with Crippen LogP contribution in [0.2, 0.25) is 0 Å². The average Bonchev–Trinajstić information content (AvgIpc) is 3.30. The van der Waals surface area contributed by atoms with E-state index < -0.39 is 10.0 Å². The molecule has 0 atom stereocenters. The van der Waals surface area contributed by atoms with Gasteiger partial charge in [-0.25, -0.2) is 18.2 Å². The average molecular weight is 373 g/mol. The summed E-state index contributed by atoms with van der Waals surface area (Å²) >= 11 is 0. The van der Waals surface area contributed by atoms with Crippen molar-refractivity contribution in [3.05, 3.63) is 67.8 Å². The fourth-order valence-electron chi connectivity index (χ4n) is 2.34. The predicted octanol–water partition coefficient (Wildman–Crippen LogP) is 0.796. The number of hydrogen-bond donors (Lipinski definition) is 1. The Hall–Kier alpha value is -2.26. The number of sulfonamides is 1. The van der Waals surface area contributed by atoms with Gasteiger partial charge in [0.15, 0.2) is 0 Å². The van der Waals surface area contributed by atoms with Gasteiger partial charge in [0.05, 0.1) is 35.0 Å². The molecule has 3 rings (SSSR count). The summed E-state index contributed by atoms with van der Waals surface area (Å²) in [6.07, 6.45) is 9.93. The number of aryl methyl sites for hydroxylation is 1. The zero-order valence-electron chi connectivity index (χ0n) is 13.8. The van der Waals surface area contributed by atoms with Crippen molar-refractivity contribution in [2.45, 2.75) is 17.7 Å². The summed E-state index contributed by atoms with van der Waals surface area (Å²) in [5.41, 5.74) is 1.41. The Kier molecular flexibility index (Phi) is 5.67. The quantitative estimate of drug-likeness (QED) is 0.566. The number of ether oxygens (including phenoxy) is 1. The van der Waals surface area contributed by atoms with Gasteiger partial charge in [-0.2, -0.15) is 0 Å². The van der Waals surface area contributed by atoms with Gasteiger partial charge in [-0.3, -0.25) is 4.79 Å². The monoisotopic (exact) mass is 373 g/mol. The summed E-state index contributed by atoms with van der Waals surface area (Å²) < 4.78 is 29.2. The van der Waals surface area contributed by atoms with Crippen molar-refractivity contribution in [2.75, 3.05) is 6.61 Å². The number of aromatic nitrogens is 3. The van der Waals surface area contributed by atoms with Gasteiger partial charge in [0.2, 0.25) is 10.0 Å². The molecule has 2 N–H and O–H groups in total. The maximum Gasteiger partial charge on any atom is 0.313 e. The van der Waals surface area contributed by atoms with E-state index in [-0.39, 0.29) is 10.9 Å². The second-order valence-electron chi connectivity index (χ2n) is 5.61. The number of carbonyl (C=O) groups excluding carboxylic acids is 1. The van der Waals surface area contributed by atoms with Crippen LogP contribution in [-0.2, 0) is 26.0 Å². The minimum atomic E-state index is -3.72. The summed E-state index contributed by atoms with van der Waals surface area (Å²) in [6, 6.07) is 6.02. The predicted molar refractivity (Wildman–Crippen MR) is 92.5 cm³/mol. The van der Waals surface area contributed by atoms with Crippen molar-refractivity contribution < 1.29 is 17.9 Å². The molecule has 1 aromatic carbocycles. The lowest BCUT2D eigenvalue weighted by Gasteiger charge is -2.07. The number of rotatable bonds is 7. The molecular formula is C17H17N4O4S. The van der Waals surface area contributed by atoms with E-state index in [0.717, 1.165) is 5.69 Å². The normalized spacial score (nSPS) is 15.3. The van der Waals surface area contributed by atoms with E-state index in [9.17, 15) is 13.2 Å². The van der Waals surface area contributed by atoms with Crippen LogP contribution in [0, 0.1) is 31.6 Å². The van der Waals surface area contributed by atoms with Crippen molar-refractivity contribution in [3.63, 3.8) is 0 Å². The molecule has 0 amide bonds. The van der Waals surface area contributed by atoms with Crippen LogP contribution in [0.5, 0.6) is 0 Å². The van der Waals surface area contributed by atoms with Crippen molar-refractivity contribution in [3.8, 4) is 5.69 Å². The summed E-state index contributed by atoms with van der Waals surface area (Å²) in [4.78, 5) is 11.7. The molecule has 0 aliphatic heterocycles. The van der Waals surface area contributed by atoms with Gasteiger partial charge in [-0.05, 0) is 62.8 Å². The van der Waals surface area contributed by atoms with Gasteiger partial charge in [0.1, 0.15) is 0 Å². The summed E-state index contributed by atoms with van der Waals surface area (Å²) in [5, 5.41) is 13.1. The molecule has 1 heterocycles. The topological polar surface area (TPSA) is 117 Å². The van der Waals surface area contributed by atoms with Gasteiger partial charge < -0.3 is 4.74 Å². The van der Waals surface area contributed by atoms with E-state index in [2.05, 4.69) is 10.3 Å². The molecule has 1 aliphatic rings. The smallest absolute Gasteiger partial charge is 0.313 e. The number of carbonyl (C=O) groups is 1. The molecule has 135 valence electrons. The van der Waals surface area contributed by atoms with Crippen LogP contribution < -0.4 is 5.14 Å². The highest BCUT2D eigenvalue weighted by molar-refractivity contribution is 7.89. The second-order valence-corrected chi connectivity index (χ2v) is 7.17. The highest BCUT2D eigenvalue weighted by Gasteiger charge is 2.25. The Morgan fingerprint density at radius 1 is 1.15 bits per heavy atom. The number of nitrogens with two attached hydrogens (primary N) is 1. The van der Waals surface area contributed by atoms with E-state index in [1.165, 1.54) is 16.8 Å². The minimum Gasteiger partial charge on any atom is -0.465 e. The third kappa shape index (κ3) is 4.67.